The van der Waals surface area contributed by atoms with Crippen molar-refractivity contribution >= 4 is 15.9 Å². The van der Waals surface area contributed by atoms with Crippen LogP contribution in [0.1, 0.15) is 72.1 Å². The molecule has 4 rings (SSSR count). The van der Waals surface area contributed by atoms with Gasteiger partial charge in [-0.05, 0) is 56.3 Å². The van der Waals surface area contributed by atoms with E-state index in [2.05, 4.69) is 20.8 Å². The second-order valence-corrected chi connectivity index (χ2v) is 11.4. The number of nitrogens with zero attached hydrogens (tertiary/aromatic N) is 2. The van der Waals surface area contributed by atoms with Gasteiger partial charge >= 0.3 is 0 Å². The number of hydrogen-bond donors (Lipinski definition) is 1. The van der Waals surface area contributed by atoms with Gasteiger partial charge in [0.1, 0.15) is 6.04 Å². The van der Waals surface area contributed by atoms with E-state index in [1.807, 2.05) is 0 Å². The van der Waals surface area contributed by atoms with Crippen molar-refractivity contribution in [3.63, 3.8) is 0 Å². The molecule has 0 aromatic rings. The number of carbonyl (C=O) groups excluding carboxylic acids is 1. The first-order chi connectivity index (χ1) is 12.2. The maximum atomic E-state index is 13.3. The molecule has 1 amide bonds. The van der Waals surface area contributed by atoms with Crippen molar-refractivity contribution in [2.24, 2.45) is 16.7 Å². The van der Waals surface area contributed by atoms with E-state index in [9.17, 15) is 18.4 Å². The Labute approximate surface area is 156 Å². The third kappa shape index (κ3) is 2.29. The van der Waals surface area contributed by atoms with Crippen molar-refractivity contribution in [2.45, 2.75) is 90.3 Å². The number of hydroxylamine groups is 2. The molecule has 1 spiro atoms. The fraction of sp³-hybridized carbons (Fsp3) is 0.947. The second kappa shape index (κ2) is 5.92. The Hall–Kier alpha value is -0.660. The summed E-state index contributed by atoms with van der Waals surface area (Å²) in [5.41, 5.74) is -0.347. The molecule has 26 heavy (non-hydrogen) atoms. The normalized spacial score (nSPS) is 43.6. The average molecular weight is 385 g/mol. The Morgan fingerprint density at radius 2 is 1.96 bits per heavy atom. The molecule has 2 aliphatic carbocycles. The van der Waals surface area contributed by atoms with E-state index < -0.39 is 22.0 Å². The Morgan fingerprint density at radius 1 is 1.23 bits per heavy atom. The zero-order valence-electron chi connectivity index (χ0n) is 16.1. The van der Waals surface area contributed by atoms with Gasteiger partial charge in [0, 0.05) is 11.5 Å². The second-order valence-electron chi connectivity index (χ2n) is 9.52. The highest BCUT2D eigenvalue weighted by molar-refractivity contribution is 7.90. The van der Waals surface area contributed by atoms with E-state index in [1.165, 1.54) is 9.37 Å². The highest BCUT2D eigenvalue weighted by Gasteiger charge is 2.72. The number of amides is 1. The number of rotatable bonds is 3. The van der Waals surface area contributed by atoms with Crippen LogP contribution >= 0.6 is 0 Å². The van der Waals surface area contributed by atoms with Gasteiger partial charge in [-0.3, -0.25) is 4.79 Å². The number of hydrogen-bond acceptors (Lipinski definition) is 5. The minimum atomic E-state index is -3.62. The maximum absolute atomic E-state index is 13.3. The van der Waals surface area contributed by atoms with Gasteiger partial charge in [0.2, 0.25) is 10.0 Å². The van der Waals surface area contributed by atoms with Gasteiger partial charge in [-0.15, -0.1) is 0 Å². The largest absolute Gasteiger partial charge is 0.313 e. The molecule has 0 radical (unpaired) electrons. The quantitative estimate of drug-likeness (QED) is 0.809. The number of sulfonamides is 1. The molecule has 5 atom stereocenters. The first-order valence-corrected chi connectivity index (χ1v) is 11.8. The van der Waals surface area contributed by atoms with Crippen molar-refractivity contribution in [1.82, 2.24) is 9.37 Å². The lowest BCUT2D eigenvalue weighted by Crippen LogP contribution is -2.55. The van der Waals surface area contributed by atoms with E-state index >= 15 is 0 Å². The van der Waals surface area contributed by atoms with Crippen molar-refractivity contribution < 1.29 is 18.4 Å². The topological polar surface area (TPSA) is 77.9 Å². The number of fused-ring (bicyclic) bond motifs is 1. The van der Waals surface area contributed by atoms with Gasteiger partial charge in [0.25, 0.3) is 5.91 Å². The third-order valence-corrected chi connectivity index (χ3v) is 10.2. The Bertz CT molecular complexity index is 704. The van der Waals surface area contributed by atoms with Crippen LogP contribution in [-0.2, 0) is 14.8 Å². The molecule has 6 nitrogen and oxygen atoms in total. The predicted molar refractivity (Wildman–Crippen MR) is 97.9 cm³/mol. The van der Waals surface area contributed by atoms with Crippen molar-refractivity contribution in [3.05, 3.63) is 0 Å². The Kier molecular flexibility index (Phi) is 4.25. The molecule has 0 aromatic heterocycles. The molecule has 2 bridgehead atoms. The van der Waals surface area contributed by atoms with Crippen molar-refractivity contribution in [1.29, 1.82) is 0 Å². The van der Waals surface area contributed by atoms with E-state index in [-0.39, 0.29) is 28.7 Å². The molecule has 2 saturated carbocycles. The van der Waals surface area contributed by atoms with Crippen LogP contribution in [0, 0.1) is 16.7 Å². The number of piperidine rings is 1. The highest BCUT2D eigenvalue weighted by Crippen LogP contribution is 2.70. The van der Waals surface area contributed by atoms with Crippen LogP contribution in [0.15, 0.2) is 0 Å². The van der Waals surface area contributed by atoms with Crippen molar-refractivity contribution in [2.75, 3.05) is 5.75 Å². The van der Waals surface area contributed by atoms with Crippen LogP contribution in [0.25, 0.3) is 0 Å². The minimum Gasteiger partial charge on any atom is -0.313 e. The molecule has 1 N–H and O–H groups in total. The Balaban J connectivity index is 1.64. The van der Waals surface area contributed by atoms with Crippen LogP contribution < -0.4 is 0 Å². The van der Waals surface area contributed by atoms with Gasteiger partial charge < -0.3 is 5.21 Å². The summed E-state index contributed by atoms with van der Waals surface area (Å²) < 4.78 is 27.3. The van der Waals surface area contributed by atoms with Crippen LogP contribution in [0.4, 0.5) is 0 Å². The monoisotopic (exact) mass is 384 g/mol. The molecule has 7 heteroatoms. The average Bonchev–Trinajstić information content (AvgIpc) is 3.04. The SMILES string of the molecule is CCC[C@@H]1CCC[C@H](C(=O)N2[C@@H]3C[C@H]4CC[C@]3(CS2(=O)=O)C4(C)C)N1O. The fourth-order valence-corrected chi connectivity index (χ4v) is 9.21. The zero-order valence-corrected chi connectivity index (χ0v) is 17.0. The van der Waals surface area contributed by atoms with Gasteiger partial charge in [0.15, 0.2) is 0 Å². The van der Waals surface area contributed by atoms with Gasteiger partial charge in [-0.2, -0.15) is 5.06 Å². The Morgan fingerprint density at radius 3 is 2.62 bits per heavy atom. The molecule has 2 saturated heterocycles. The van der Waals surface area contributed by atoms with Gasteiger partial charge in [0.05, 0.1) is 11.8 Å². The lowest BCUT2D eigenvalue weighted by molar-refractivity contribution is -0.190. The molecule has 0 aromatic carbocycles. The standard InChI is InChI=1S/C19H32N2O4S/c1-4-6-14-7-5-8-15(20(14)23)17(22)21-16-11-13-9-10-19(16,18(13,2)3)12-26(21,24)25/h13-16,23H,4-12H2,1-3H3/t13-,14-,15-,16-,19-/m1/s1. The molecular formula is C19H32N2O4S. The molecule has 2 aliphatic heterocycles. The number of carbonyl (C=O) groups is 1. The predicted octanol–water partition coefficient (Wildman–Crippen LogP) is 2.77. The molecular weight excluding hydrogens is 352 g/mol. The molecule has 4 aliphatic rings. The summed E-state index contributed by atoms with van der Waals surface area (Å²) in [6.45, 7) is 6.43. The summed E-state index contributed by atoms with van der Waals surface area (Å²) in [5.74, 6) is 0.192. The summed E-state index contributed by atoms with van der Waals surface area (Å²) >= 11 is 0. The van der Waals surface area contributed by atoms with E-state index in [0.717, 1.165) is 44.9 Å². The maximum Gasteiger partial charge on any atom is 0.256 e. The van der Waals surface area contributed by atoms with E-state index in [4.69, 9.17) is 0 Å². The lowest BCUT2D eigenvalue weighted by Gasteiger charge is -2.40. The summed E-state index contributed by atoms with van der Waals surface area (Å²) in [4.78, 5) is 13.3. The van der Waals surface area contributed by atoms with Crippen LogP contribution in [0.2, 0.25) is 0 Å². The van der Waals surface area contributed by atoms with Crippen LogP contribution in [0.5, 0.6) is 0 Å². The van der Waals surface area contributed by atoms with E-state index in [0.29, 0.717) is 12.3 Å². The summed E-state index contributed by atoms with van der Waals surface area (Å²) in [5, 5.41) is 11.8. The first kappa shape index (κ1) is 18.7. The summed E-state index contributed by atoms with van der Waals surface area (Å²) in [7, 11) is -3.62. The smallest absolute Gasteiger partial charge is 0.256 e. The molecule has 0 unspecified atom stereocenters. The lowest BCUT2D eigenvalue weighted by atomic mass is 9.69. The highest BCUT2D eigenvalue weighted by atomic mass is 32.2. The van der Waals surface area contributed by atoms with Gasteiger partial charge in [-0.25, -0.2) is 12.7 Å². The van der Waals surface area contributed by atoms with Crippen molar-refractivity contribution in [3.8, 4) is 0 Å². The molecule has 148 valence electrons. The van der Waals surface area contributed by atoms with Gasteiger partial charge in [-0.1, -0.05) is 27.2 Å². The molecule has 4 fully saturated rings. The fourth-order valence-electron chi connectivity index (χ4n) is 6.64. The molecule has 2 heterocycles. The summed E-state index contributed by atoms with van der Waals surface area (Å²) in [6, 6.07) is -0.973. The minimum absolute atomic E-state index is 0.0431. The van der Waals surface area contributed by atoms with E-state index in [1.54, 1.807) is 0 Å². The zero-order chi connectivity index (χ0) is 18.9. The first-order valence-electron chi connectivity index (χ1n) is 10.2. The third-order valence-electron chi connectivity index (χ3n) is 8.24. The summed E-state index contributed by atoms with van der Waals surface area (Å²) in [6.07, 6.45) is 6.77. The van der Waals surface area contributed by atoms with Crippen LogP contribution in [0.3, 0.4) is 0 Å². The van der Waals surface area contributed by atoms with Crippen LogP contribution in [-0.4, -0.2) is 52.8 Å².